The summed E-state index contributed by atoms with van der Waals surface area (Å²) < 4.78 is 41.5. The van der Waals surface area contributed by atoms with Crippen LogP contribution >= 0.6 is 22.7 Å². The summed E-state index contributed by atoms with van der Waals surface area (Å²) in [6.07, 6.45) is -4.71. The number of thiazole rings is 1. The zero-order chi connectivity index (χ0) is 15.7. The molecule has 0 bridgehead atoms. The van der Waals surface area contributed by atoms with Gasteiger partial charge in [-0.05, 0) is 31.2 Å². The molecule has 0 saturated heterocycles. The number of alkyl halides is 3. The molecule has 3 rings (SSSR count). The number of nitrogens with zero attached hydrogens (tertiary/aromatic N) is 1. The minimum Gasteiger partial charge on any atom is -0.405 e. The van der Waals surface area contributed by atoms with Crippen LogP contribution in [0.2, 0.25) is 0 Å². The lowest BCUT2D eigenvalue weighted by molar-refractivity contribution is -0.274. The van der Waals surface area contributed by atoms with Gasteiger partial charge in [0.05, 0.1) is 4.88 Å². The first-order valence-corrected chi connectivity index (χ1v) is 7.99. The third kappa shape index (κ3) is 3.31. The topological polar surface area (TPSA) is 22.1 Å². The average Bonchev–Trinajstić information content (AvgIpc) is 3.06. The maximum atomic E-state index is 12.5. The molecule has 0 aliphatic rings. The summed E-state index contributed by atoms with van der Waals surface area (Å²) in [4.78, 5) is 6.02. The number of ether oxygens (including phenoxy) is 1. The third-order valence-corrected chi connectivity index (χ3v) is 5.06. The first kappa shape index (κ1) is 15.1. The van der Waals surface area contributed by atoms with E-state index >= 15 is 0 Å². The number of hydrogen-bond donors (Lipinski definition) is 0. The zero-order valence-electron chi connectivity index (χ0n) is 11.3. The lowest BCUT2D eigenvalue weighted by Gasteiger charge is -2.12. The van der Waals surface area contributed by atoms with Gasteiger partial charge in [-0.25, -0.2) is 4.98 Å². The normalized spacial score (nSPS) is 11.6. The van der Waals surface area contributed by atoms with Crippen LogP contribution in [0.3, 0.4) is 0 Å². The highest BCUT2D eigenvalue weighted by Gasteiger charge is 2.32. The highest BCUT2D eigenvalue weighted by molar-refractivity contribution is 7.23. The van der Waals surface area contributed by atoms with Crippen LogP contribution in [-0.2, 0) is 0 Å². The van der Waals surface area contributed by atoms with Gasteiger partial charge in [-0.1, -0.05) is 12.1 Å². The molecule has 114 valence electrons. The fourth-order valence-electron chi connectivity index (χ4n) is 1.95. The number of rotatable bonds is 3. The van der Waals surface area contributed by atoms with Crippen molar-refractivity contribution >= 4 is 22.7 Å². The van der Waals surface area contributed by atoms with Crippen LogP contribution in [-0.4, -0.2) is 11.3 Å². The van der Waals surface area contributed by atoms with Crippen molar-refractivity contribution < 1.29 is 17.9 Å². The number of hydrogen-bond acceptors (Lipinski definition) is 4. The molecule has 3 aromatic rings. The molecule has 1 aromatic carbocycles. The van der Waals surface area contributed by atoms with Crippen molar-refractivity contribution in [3.63, 3.8) is 0 Å². The predicted octanol–water partition coefficient (Wildman–Crippen LogP) is 5.75. The van der Waals surface area contributed by atoms with Gasteiger partial charge in [0.2, 0.25) is 0 Å². The quantitative estimate of drug-likeness (QED) is 0.605. The van der Waals surface area contributed by atoms with E-state index in [0.717, 1.165) is 15.6 Å². The molecule has 0 aliphatic heterocycles. The second kappa shape index (κ2) is 5.73. The number of para-hydroxylation sites is 1. The van der Waals surface area contributed by atoms with E-state index in [-0.39, 0.29) is 5.75 Å². The largest absolute Gasteiger partial charge is 0.573 e. The molecule has 2 aromatic heterocycles. The number of benzene rings is 1. The molecule has 0 unspecified atom stereocenters. The predicted molar refractivity (Wildman–Crippen MR) is 82.3 cm³/mol. The summed E-state index contributed by atoms with van der Waals surface area (Å²) in [5.74, 6) is -0.196. The molecule has 0 N–H and O–H groups in total. The molecule has 0 fully saturated rings. The van der Waals surface area contributed by atoms with E-state index < -0.39 is 6.36 Å². The van der Waals surface area contributed by atoms with Gasteiger partial charge in [-0.15, -0.1) is 35.8 Å². The summed E-state index contributed by atoms with van der Waals surface area (Å²) >= 11 is 2.91. The van der Waals surface area contributed by atoms with E-state index in [9.17, 15) is 13.2 Å². The summed E-state index contributed by atoms with van der Waals surface area (Å²) in [5.41, 5.74) is 1.35. The molecule has 2 heterocycles. The Balaban J connectivity index is 1.97. The minimum atomic E-state index is -4.71. The SMILES string of the molecule is Cc1csc(-c2ccc(-c3ccccc3OC(F)(F)F)s2)n1. The van der Waals surface area contributed by atoms with E-state index in [2.05, 4.69) is 9.72 Å². The van der Waals surface area contributed by atoms with E-state index in [1.165, 1.54) is 34.8 Å². The van der Waals surface area contributed by atoms with Gasteiger partial charge in [0.25, 0.3) is 0 Å². The molecular formula is C15H10F3NOS2. The van der Waals surface area contributed by atoms with Gasteiger partial charge in [0.1, 0.15) is 10.8 Å². The maximum absolute atomic E-state index is 12.5. The molecular weight excluding hydrogens is 331 g/mol. The maximum Gasteiger partial charge on any atom is 0.573 e. The van der Waals surface area contributed by atoms with Crippen molar-refractivity contribution in [1.82, 2.24) is 4.98 Å². The average molecular weight is 341 g/mol. The van der Waals surface area contributed by atoms with Crippen LogP contribution in [0.15, 0.2) is 41.8 Å². The second-order valence-corrected chi connectivity index (χ2v) is 6.44. The smallest absolute Gasteiger partial charge is 0.405 e. The van der Waals surface area contributed by atoms with Crippen LogP contribution in [0.1, 0.15) is 5.69 Å². The van der Waals surface area contributed by atoms with Crippen molar-refractivity contribution in [2.24, 2.45) is 0 Å². The first-order valence-electron chi connectivity index (χ1n) is 6.30. The molecule has 0 aliphatic carbocycles. The Bertz CT molecular complexity index is 792. The van der Waals surface area contributed by atoms with Gasteiger partial charge in [-0.2, -0.15) is 0 Å². The molecule has 0 spiro atoms. The van der Waals surface area contributed by atoms with E-state index in [1.54, 1.807) is 18.2 Å². The highest BCUT2D eigenvalue weighted by atomic mass is 32.1. The monoisotopic (exact) mass is 341 g/mol. The van der Waals surface area contributed by atoms with Crippen LogP contribution in [0.25, 0.3) is 20.3 Å². The molecule has 0 radical (unpaired) electrons. The number of thiophene rings is 1. The zero-order valence-corrected chi connectivity index (χ0v) is 13.0. The van der Waals surface area contributed by atoms with E-state index in [4.69, 9.17) is 0 Å². The number of aryl methyl sites for hydroxylation is 1. The van der Waals surface area contributed by atoms with Gasteiger partial charge in [0, 0.05) is 21.5 Å². The van der Waals surface area contributed by atoms with Crippen LogP contribution in [0, 0.1) is 6.92 Å². The number of aromatic nitrogens is 1. The Morgan fingerprint density at radius 2 is 1.77 bits per heavy atom. The lowest BCUT2D eigenvalue weighted by atomic mass is 10.1. The Morgan fingerprint density at radius 1 is 1.05 bits per heavy atom. The van der Waals surface area contributed by atoms with E-state index in [0.29, 0.717) is 10.4 Å². The van der Waals surface area contributed by atoms with Crippen LogP contribution in [0.4, 0.5) is 13.2 Å². The van der Waals surface area contributed by atoms with Crippen molar-refractivity contribution in [2.75, 3.05) is 0 Å². The molecule has 0 amide bonds. The van der Waals surface area contributed by atoms with Gasteiger partial charge in [0.15, 0.2) is 0 Å². The fourth-order valence-corrected chi connectivity index (χ4v) is 3.85. The van der Waals surface area contributed by atoms with Crippen LogP contribution < -0.4 is 4.74 Å². The molecule has 22 heavy (non-hydrogen) atoms. The first-order chi connectivity index (χ1) is 10.4. The molecule has 0 atom stereocenters. The van der Waals surface area contributed by atoms with Crippen molar-refractivity contribution in [2.45, 2.75) is 13.3 Å². The third-order valence-electron chi connectivity index (χ3n) is 2.81. The summed E-state index contributed by atoms with van der Waals surface area (Å²) in [5, 5.41) is 2.80. The van der Waals surface area contributed by atoms with Gasteiger partial charge in [-0.3, -0.25) is 0 Å². The Morgan fingerprint density at radius 3 is 2.45 bits per heavy atom. The molecule has 2 nitrogen and oxygen atoms in total. The Hall–Kier alpha value is -1.86. The number of halogens is 3. The lowest BCUT2D eigenvalue weighted by Crippen LogP contribution is -2.17. The minimum absolute atomic E-state index is 0.196. The standard InChI is InChI=1S/C15H10F3NOS2/c1-9-8-21-14(19-9)13-7-6-12(22-13)10-4-2-3-5-11(10)20-15(16,17)18/h2-8H,1H3. The molecule has 0 saturated carbocycles. The second-order valence-electron chi connectivity index (χ2n) is 4.50. The Kier molecular flexibility index (Phi) is 3.92. The molecule has 7 heteroatoms. The summed E-state index contributed by atoms with van der Waals surface area (Å²) in [6.45, 7) is 1.90. The Labute approximate surface area is 132 Å². The van der Waals surface area contributed by atoms with E-state index in [1.807, 2.05) is 18.4 Å². The van der Waals surface area contributed by atoms with Crippen molar-refractivity contribution in [3.8, 4) is 26.1 Å². The highest BCUT2D eigenvalue weighted by Crippen LogP contribution is 2.40. The summed E-state index contributed by atoms with van der Waals surface area (Å²) in [6, 6.07) is 9.78. The van der Waals surface area contributed by atoms with Crippen molar-refractivity contribution in [3.05, 3.63) is 47.5 Å². The van der Waals surface area contributed by atoms with Crippen LogP contribution in [0.5, 0.6) is 5.75 Å². The fraction of sp³-hybridized carbons (Fsp3) is 0.133. The van der Waals surface area contributed by atoms with Crippen molar-refractivity contribution in [1.29, 1.82) is 0 Å². The van der Waals surface area contributed by atoms with Gasteiger partial charge < -0.3 is 4.74 Å². The summed E-state index contributed by atoms with van der Waals surface area (Å²) in [7, 11) is 0. The van der Waals surface area contributed by atoms with Gasteiger partial charge >= 0.3 is 6.36 Å².